The molecule has 82 valence electrons. The van der Waals surface area contributed by atoms with E-state index in [1.165, 1.54) is 28.8 Å². The summed E-state index contributed by atoms with van der Waals surface area (Å²) in [5.74, 6) is 0. The van der Waals surface area contributed by atoms with Crippen LogP contribution in [0.3, 0.4) is 0 Å². The molecule has 2 heterocycles. The van der Waals surface area contributed by atoms with Crippen LogP contribution in [0.1, 0.15) is 17.2 Å². The van der Waals surface area contributed by atoms with Crippen LogP contribution in [0.4, 0.5) is 0 Å². The molecule has 16 heavy (non-hydrogen) atoms. The van der Waals surface area contributed by atoms with Crippen LogP contribution in [-0.4, -0.2) is 0 Å². The molecule has 0 saturated carbocycles. The van der Waals surface area contributed by atoms with Gasteiger partial charge in [0.15, 0.2) is 0 Å². The van der Waals surface area contributed by atoms with E-state index in [4.69, 9.17) is 11.6 Å². The Balaban J connectivity index is 2.31. The van der Waals surface area contributed by atoms with E-state index in [2.05, 4.69) is 40.2 Å². The van der Waals surface area contributed by atoms with E-state index in [1.807, 2.05) is 6.92 Å². The molecule has 0 saturated heterocycles. The number of alkyl halides is 1. The molecule has 0 amide bonds. The minimum atomic E-state index is 0.0992. The van der Waals surface area contributed by atoms with Gasteiger partial charge in [0.05, 0.1) is 9.16 Å². The number of thiophene rings is 2. The average Bonchev–Trinajstić information content (AvgIpc) is 2.74. The number of halogens is 2. The Kier molecular flexibility index (Phi) is 2.75. The fourth-order valence-electron chi connectivity index (χ4n) is 1.76. The van der Waals surface area contributed by atoms with Gasteiger partial charge in [-0.3, -0.25) is 0 Å². The molecule has 0 N–H and O–H groups in total. The summed E-state index contributed by atoms with van der Waals surface area (Å²) in [5, 5.41) is 2.71. The van der Waals surface area contributed by atoms with E-state index in [-0.39, 0.29) is 5.38 Å². The van der Waals surface area contributed by atoms with Crippen molar-refractivity contribution < 1.29 is 0 Å². The van der Waals surface area contributed by atoms with Crippen molar-refractivity contribution in [3.8, 4) is 0 Å². The Bertz CT molecular complexity index is 615. The average molecular weight is 332 g/mol. The van der Waals surface area contributed by atoms with Gasteiger partial charge >= 0.3 is 0 Å². The van der Waals surface area contributed by atoms with Crippen LogP contribution >= 0.6 is 50.2 Å². The zero-order chi connectivity index (χ0) is 11.3. The highest BCUT2D eigenvalue weighted by atomic mass is 79.9. The zero-order valence-electron chi connectivity index (χ0n) is 8.46. The zero-order valence-corrected chi connectivity index (χ0v) is 12.4. The van der Waals surface area contributed by atoms with Gasteiger partial charge in [-0.25, -0.2) is 0 Å². The van der Waals surface area contributed by atoms with E-state index < -0.39 is 0 Å². The van der Waals surface area contributed by atoms with Crippen LogP contribution in [0.5, 0.6) is 0 Å². The molecule has 0 bridgehead atoms. The second-order valence-corrected chi connectivity index (χ2v) is 7.98. The Morgan fingerprint density at radius 3 is 2.38 bits per heavy atom. The Labute approximate surface area is 115 Å². The Morgan fingerprint density at radius 2 is 1.69 bits per heavy atom. The van der Waals surface area contributed by atoms with E-state index in [0.29, 0.717) is 0 Å². The summed E-state index contributed by atoms with van der Waals surface area (Å²) in [5.41, 5.74) is 0. The molecule has 3 rings (SSSR count). The molecule has 1 aromatic carbocycles. The maximum atomic E-state index is 6.11. The predicted molar refractivity (Wildman–Crippen MR) is 79.2 cm³/mol. The second-order valence-electron chi connectivity index (χ2n) is 3.74. The summed E-state index contributed by atoms with van der Waals surface area (Å²) >= 11 is 13.2. The monoisotopic (exact) mass is 330 g/mol. The fraction of sp³-hybridized carbons (Fsp3) is 0.167. The normalized spacial score (nSPS) is 13.7. The van der Waals surface area contributed by atoms with E-state index in [1.54, 1.807) is 22.7 Å². The molecule has 3 aromatic rings. The predicted octanol–water partition coefficient (Wildman–Crippen LogP) is 6.18. The van der Waals surface area contributed by atoms with Crippen LogP contribution in [-0.2, 0) is 0 Å². The van der Waals surface area contributed by atoms with Crippen molar-refractivity contribution in [3.05, 3.63) is 32.9 Å². The summed E-state index contributed by atoms with van der Waals surface area (Å²) in [6, 6.07) is 8.87. The van der Waals surface area contributed by atoms with Gasteiger partial charge in [0, 0.05) is 14.3 Å². The maximum absolute atomic E-state index is 6.11. The molecule has 0 spiro atoms. The highest BCUT2D eigenvalue weighted by Crippen LogP contribution is 2.38. The van der Waals surface area contributed by atoms with Crippen LogP contribution in [0.2, 0.25) is 0 Å². The largest absolute Gasteiger partial charge is 0.139 e. The molecule has 1 unspecified atom stereocenters. The summed E-state index contributed by atoms with van der Waals surface area (Å²) in [6.07, 6.45) is 0. The molecule has 4 heteroatoms. The van der Waals surface area contributed by atoms with Gasteiger partial charge in [-0.05, 0) is 57.9 Å². The third-order valence-corrected chi connectivity index (χ3v) is 5.78. The van der Waals surface area contributed by atoms with Crippen molar-refractivity contribution in [2.75, 3.05) is 0 Å². The third kappa shape index (κ3) is 1.80. The van der Waals surface area contributed by atoms with Gasteiger partial charge < -0.3 is 0 Å². The maximum Gasteiger partial charge on any atom is 0.0711 e. The number of rotatable bonds is 1. The summed E-state index contributed by atoms with van der Waals surface area (Å²) in [6.45, 7) is 2.02. The molecule has 1 atom stereocenters. The fourth-order valence-corrected chi connectivity index (χ4v) is 4.56. The van der Waals surface area contributed by atoms with E-state index in [9.17, 15) is 0 Å². The first kappa shape index (κ1) is 11.0. The van der Waals surface area contributed by atoms with Gasteiger partial charge in [-0.1, -0.05) is 0 Å². The van der Waals surface area contributed by atoms with Crippen LogP contribution in [0, 0.1) is 0 Å². The van der Waals surface area contributed by atoms with Crippen LogP contribution < -0.4 is 0 Å². The second kappa shape index (κ2) is 3.98. The van der Waals surface area contributed by atoms with Gasteiger partial charge in [0.25, 0.3) is 0 Å². The SMILES string of the molecule is CC(Cl)c1cc2cc3sc(Br)cc3cc2s1. The van der Waals surface area contributed by atoms with Crippen molar-refractivity contribution >= 4 is 70.4 Å². The van der Waals surface area contributed by atoms with Crippen LogP contribution in [0.25, 0.3) is 20.2 Å². The van der Waals surface area contributed by atoms with Crippen molar-refractivity contribution in [2.45, 2.75) is 12.3 Å². The third-order valence-electron chi connectivity index (χ3n) is 2.54. The topological polar surface area (TPSA) is 0 Å². The lowest BCUT2D eigenvalue weighted by atomic mass is 10.2. The van der Waals surface area contributed by atoms with Crippen molar-refractivity contribution in [2.24, 2.45) is 0 Å². The molecule has 0 aliphatic carbocycles. The van der Waals surface area contributed by atoms with E-state index >= 15 is 0 Å². The first-order chi connectivity index (χ1) is 7.63. The number of hydrogen-bond donors (Lipinski definition) is 0. The van der Waals surface area contributed by atoms with Crippen molar-refractivity contribution in [1.29, 1.82) is 0 Å². The standard InChI is InChI=1S/C12H8BrClS2/c1-6(14)9-2-7-3-11-8(4-10(7)15-9)5-12(13)16-11/h2-6H,1H3. The molecule has 0 nitrogen and oxygen atoms in total. The smallest absolute Gasteiger partial charge is 0.0711 e. The quantitative estimate of drug-likeness (QED) is 0.467. The summed E-state index contributed by atoms with van der Waals surface area (Å²) < 4.78 is 3.83. The highest BCUT2D eigenvalue weighted by Gasteiger charge is 2.09. The first-order valence-electron chi connectivity index (χ1n) is 4.90. The van der Waals surface area contributed by atoms with Crippen molar-refractivity contribution in [1.82, 2.24) is 0 Å². The highest BCUT2D eigenvalue weighted by molar-refractivity contribution is 9.11. The van der Waals surface area contributed by atoms with Gasteiger partial charge in [0.2, 0.25) is 0 Å². The van der Waals surface area contributed by atoms with Gasteiger partial charge in [0.1, 0.15) is 0 Å². The molecular weight excluding hydrogens is 324 g/mol. The molecule has 0 fully saturated rings. The van der Waals surface area contributed by atoms with Gasteiger partial charge in [-0.15, -0.1) is 34.3 Å². The lowest BCUT2D eigenvalue weighted by molar-refractivity contribution is 1.13. The van der Waals surface area contributed by atoms with E-state index in [0.717, 1.165) is 0 Å². The minimum absolute atomic E-state index is 0.0992. The Morgan fingerprint density at radius 1 is 1.06 bits per heavy atom. The number of hydrogen-bond acceptors (Lipinski definition) is 2. The molecule has 0 aliphatic heterocycles. The lowest BCUT2D eigenvalue weighted by Gasteiger charge is -1.93. The summed E-state index contributed by atoms with van der Waals surface area (Å²) in [4.78, 5) is 1.24. The molecule has 0 radical (unpaired) electrons. The minimum Gasteiger partial charge on any atom is -0.139 e. The van der Waals surface area contributed by atoms with Crippen molar-refractivity contribution in [3.63, 3.8) is 0 Å². The molecular formula is C12H8BrClS2. The summed E-state index contributed by atoms with van der Waals surface area (Å²) in [7, 11) is 0. The van der Waals surface area contributed by atoms with Gasteiger partial charge in [-0.2, -0.15) is 0 Å². The van der Waals surface area contributed by atoms with Crippen LogP contribution in [0.15, 0.2) is 28.1 Å². The number of benzene rings is 1. The lowest BCUT2D eigenvalue weighted by Crippen LogP contribution is -1.72. The molecule has 2 aromatic heterocycles. The molecule has 0 aliphatic rings. The Hall–Kier alpha value is -0.0900. The first-order valence-corrected chi connectivity index (χ1v) is 7.76. The number of fused-ring (bicyclic) bond motifs is 2.